The van der Waals surface area contributed by atoms with Gasteiger partial charge in [-0.3, -0.25) is 5.32 Å². The smallest absolute Gasteiger partial charge is 0.321 e. The molecule has 3 rings (SSSR count). The summed E-state index contributed by atoms with van der Waals surface area (Å²) in [5, 5.41) is 8.32. The van der Waals surface area contributed by atoms with Crippen molar-refractivity contribution in [1.29, 1.82) is 0 Å². The lowest BCUT2D eigenvalue weighted by molar-refractivity contribution is 0.244. The van der Waals surface area contributed by atoms with Gasteiger partial charge >= 0.3 is 6.03 Å². The molecule has 1 fully saturated rings. The number of benzene rings is 1. The fourth-order valence-corrected chi connectivity index (χ4v) is 3.74. The average Bonchev–Trinajstić information content (AvgIpc) is 3.10. The van der Waals surface area contributed by atoms with Gasteiger partial charge in [0.2, 0.25) is 0 Å². The maximum Gasteiger partial charge on any atom is 0.321 e. The number of methoxy groups -OCH3 is 2. The molecule has 0 bridgehead atoms. The van der Waals surface area contributed by atoms with E-state index in [9.17, 15) is 4.79 Å². The highest BCUT2D eigenvalue weighted by Crippen LogP contribution is 2.35. The molecule has 7 heteroatoms. The SMILES string of the molecule is COc1ccc(OC)c(-c2csc(NC(=O)NC3CCCCC3)n2)c1. The van der Waals surface area contributed by atoms with Crippen LogP contribution in [-0.4, -0.2) is 31.3 Å². The molecule has 1 aromatic carbocycles. The van der Waals surface area contributed by atoms with Crippen LogP contribution in [0.4, 0.5) is 9.93 Å². The lowest BCUT2D eigenvalue weighted by atomic mass is 9.96. The number of aromatic nitrogens is 1. The topological polar surface area (TPSA) is 72.5 Å². The van der Waals surface area contributed by atoms with Gasteiger partial charge in [0.15, 0.2) is 5.13 Å². The normalized spacial score (nSPS) is 14.8. The van der Waals surface area contributed by atoms with Crippen molar-refractivity contribution in [1.82, 2.24) is 10.3 Å². The molecular weight excluding hydrogens is 338 g/mol. The molecule has 0 radical (unpaired) electrons. The molecule has 0 spiro atoms. The van der Waals surface area contributed by atoms with E-state index in [2.05, 4.69) is 15.6 Å². The van der Waals surface area contributed by atoms with Crippen molar-refractivity contribution in [2.24, 2.45) is 0 Å². The Morgan fingerprint density at radius 2 is 2.00 bits per heavy atom. The summed E-state index contributed by atoms with van der Waals surface area (Å²) in [6.07, 6.45) is 5.73. The van der Waals surface area contributed by atoms with Crippen molar-refractivity contribution in [2.45, 2.75) is 38.1 Å². The van der Waals surface area contributed by atoms with Crippen LogP contribution in [0.25, 0.3) is 11.3 Å². The highest BCUT2D eigenvalue weighted by molar-refractivity contribution is 7.14. The first-order chi connectivity index (χ1) is 12.2. The minimum Gasteiger partial charge on any atom is -0.497 e. The molecule has 1 heterocycles. The fourth-order valence-electron chi connectivity index (χ4n) is 3.03. The number of anilines is 1. The number of carbonyl (C=O) groups excluding carboxylic acids is 1. The second kappa shape index (κ2) is 8.20. The van der Waals surface area contributed by atoms with Gasteiger partial charge < -0.3 is 14.8 Å². The van der Waals surface area contributed by atoms with Crippen LogP contribution in [-0.2, 0) is 0 Å². The number of hydrogen-bond acceptors (Lipinski definition) is 5. The first kappa shape index (κ1) is 17.5. The van der Waals surface area contributed by atoms with Crippen molar-refractivity contribution in [3.05, 3.63) is 23.6 Å². The highest BCUT2D eigenvalue weighted by Gasteiger charge is 2.17. The fraction of sp³-hybridized carbons (Fsp3) is 0.444. The summed E-state index contributed by atoms with van der Waals surface area (Å²) in [5.74, 6) is 1.44. The molecule has 134 valence electrons. The maximum absolute atomic E-state index is 12.1. The Labute approximate surface area is 151 Å². The van der Waals surface area contributed by atoms with Crippen LogP contribution in [0.5, 0.6) is 11.5 Å². The van der Waals surface area contributed by atoms with Gasteiger partial charge in [0.1, 0.15) is 11.5 Å². The molecule has 1 aliphatic rings. The van der Waals surface area contributed by atoms with Gasteiger partial charge in [-0.1, -0.05) is 19.3 Å². The van der Waals surface area contributed by atoms with Crippen LogP contribution >= 0.6 is 11.3 Å². The summed E-state index contributed by atoms with van der Waals surface area (Å²) >= 11 is 1.39. The first-order valence-corrected chi connectivity index (χ1v) is 9.33. The van der Waals surface area contributed by atoms with Gasteiger partial charge in [-0.15, -0.1) is 11.3 Å². The van der Waals surface area contributed by atoms with E-state index in [4.69, 9.17) is 9.47 Å². The second-order valence-corrected chi connectivity index (χ2v) is 6.90. The molecule has 2 amide bonds. The van der Waals surface area contributed by atoms with E-state index in [1.165, 1.54) is 30.6 Å². The lowest BCUT2D eigenvalue weighted by Gasteiger charge is -2.22. The number of urea groups is 1. The summed E-state index contributed by atoms with van der Waals surface area (Å²) in [6, 6.07) is 5.64. The van der Waals surface area contributed by atoms with Gasteiger partial charge in [0.05, 0.1) is 19.9 Å². The van der Waals surface area contributed by atoms with Crippen LogP contribution in [0.2, 0.25) is 0 Å². The summed E-state index contributed by atoms with van der Waals surface area (Å²) in [7, 11) is 3.24. The zero-order valence-electron chi connectivity index (χ0n) is 14.5. The summed E-state index contributed by atoms with van der Waals surface area (Å²) in [6.45, 7) is 0. The molecule has 1 aliphatic carbocycles. The molecule has 2 aromatic rings. The van der Waals surface area contributed by atoms with E-state index in [0.717, 1.165) is 29.8 Å². The van der Waals surface area contributed by atoms with Crippen molar-refractivity contribution in [2.75, 3.05) is 19.5 Å². The molecule has 0 unspecified atom stereocenters. The summed E-state index contributed by atoms with van der Waals surface area (Å²) < 4.78 is 10.7. The van der Waals surface area contributed by atoms with Crippen LogP contribution < -0.4 is 20.1 Å². The monoisotopic (exact) mass is 361 g/mol. The Balaban J connectivity index is 1.68. The van der Waals surface area contributed by atoms with E-state index in [-0.39, 0.29) is 12.1 Å². The Morgan fingerprint density at radius 1 is 1.20 bits per heavy atom. The van der Waals surface area contributed by atoms with Crippen molar-refractivity contribution in [3.63, 3.8) is 0 Å². The van der Waals surface area contributed by atoms with Crippen molar-refractivity contribution < 1.29 is 14.3 Å². The Hall–Kier alpha value is -2.28. The Bertz CT molecular complexity index is 726. The second-order valence-electron chi connectivity index (χ2n) is 6.04. The number of ether oxygens (including phenoxy) is 2. The minimum atomic E-state index is -0.189. The highest BCUT2D eigenvalue weighted by atomic mass is 32.1. The number of thiazole rings is 1. The third-order valence-electron chi connectivity index (χ3n) is 4.35. The van der Waals surface area contributed by atoms with E-state index in [1.54, 1.807) is 14.2 Å². The zero-order valence-corrected chi connectivity index (χ0v) is 15.3. The van der Waals surface area contributed by atoms with Crippen molar-refractivity contribution in [3.8, 4) is 22.8 Å². The van der Waals surface area contributed by atoms with Crippen LogP contribution in [0.3, 0.4) is 0 Å². The molecule has 0 aliphatic heterocycles. The summed E-state index contributed by atoms with van der Waals surface area (Å²) in [4.78, 5) is 16.7. The molecule has 6 nitrogen and oxygen atoms in total. The molecule has 1 aromatic heterocycles. The molecule has 25 heavy (non-hydrogen) atoms. The van der Waals surface area contributed by atoms with E-state index in [1.807, 2.05) is 23.6 Å². The minimum absolute atomic E-state index is 0.189. The number of nitrogens with one attached hydrogen (secondary N) is 2. The predicted molar refractivity (Wildman–Crippen MR) is 99.7 cm³/mol. The molecule has 2 N–H and O–H groups in total. The largest absolute Gasteiger partial charge is 0.497 e. The van der Waals surface area contributed by atoms with E-state index < -0.39 is 0 Å². The van der Waals surface area contributed by atoms with Gasteiger partial charge in [0.25, 0.3) is 0 Å². The number of nitrogens with zero attached hydrogens (tertiary/aromatic N) is 1. The van der Waals surface area contributed by atoms with E-state index >= 15 is 0 Å². The first-order valence-electron chi connectivity index (χ1n) is 8.45. The lowest BCUT2D eigenvalue weighted by Crippen LogP contribution is -2.38. The Morgan fingerprint density at radius 3 is 2.72 bits per heavy atom. The van der Waals surface area contributed by atoms with E-state index in [0.29, 0.717) is 10.9 Å². The van der Waals surface area contributed by atoms with Crippen LogP contribution in [0.1, 0.15) is 32.1 Å². The van der Waals surface area contributed by atoms with Gasteiger partial charge in [-0.2, -0.15) is 0 Å². The molecule has 0 saturated heterocycles. The third kappa shape index (κ3) is 4.42. The molecular formula is C18H23N3O3S. The molecule has 0 atom stereocenters. The number of rotatable bonds is 5. The number of amides is 2. The maximum atomic E-state index is 12.1. The van der Waals surface area contributed by atoms with Crippen LogP contribution in [0.15, 0.2) is 23.6 Å². The van der Waals surface area contributed by atoms with Crippen LogP contribution in [0, 0.1) is 0 Å². The van der Waals surface area contributed by atoms with Gasteiger partial charge in [0, 0.05) is 17.0 Å². The van der Waals surface area contributed by atoms with Crippen molar-refractivity contribution >= 4 is 22.5 Å². The Kier molecular flexibility index (Phi) is 5.75. The van der Waals surface area contributed by atoms with Gasteiger partial charge in [-0.25, -0.2) is 9.78 Å². The predicted octanol–water partition coefficient (Wildman–Crippen LogP) is 4.28. The van der Waals surface area contributed by atoms with Gasteiger partial charge in [-0.05, 0) is 31.0 Å². The summed E-state index contributed by atoms with van der Waals surface area (Å²) in [5.41, 5.74) is 1.58. The molecule has 1 saturated carbocycles. The third-order valence-corrected chi connectivity index (χ3v) is 5.11. The number of carbonyl (C=O) groups is 1. The zero-order chi connectivity index (χ0) is 17.6. The quantitative estimate of drug-likeness (QED) is 0.834. The average molecular weight is 361 g/mol. The number of hydrogen-bond donors (Lipinski definition) is 2. The standard InChI is InChI=1S/C18H23N3O3S/c1-23-13-8-9-16(24-2)14(10-13)15-11-25-18(20-15)21-17(22)19-12-6-4-3-5-7-12/h8-12H,3-7H2,1-2H3,(H2,19,20,21,22).